The second kappa shape index (κ2) is 4.56. The Balaban J connectivity index is 2.44. The molecule has 2 aromatic heterocycles. The number of imidazole rings is 1. The number of nitrogens with one attached hydrogen (secondary N) is 1. The maximum absolute atomic E-state index is 14.2. The van der Waals surface area contributed by atoms with Crippen molar-refractivity contribution in [2.45, 2.75) is 27.3 Å². The van der Waals surface area contributed by atoms with Gasteiger partial charge in [0.2, 0.25) is 0 Å². The molecule has 1 N–H and O–H groups in total. The van der Waals surface area contributed by atoms with Gasteiger partial charge in [-0.2, -0.15) is 5.10 Å². The first kappa shape index (κ1) is 13.1. The van der Waals surface area contributed by atoms with Gasteiger partial charge >= 0.3 is 0 Å². The van der Waals surface area contributed by atoms with Gasteiger partial charge in [-0.05, 0) is 50.7 Å². The summed E-state index contributed by atoms with van der Waals surface area (Å²) in [5, 5.41) is 4.44. The van der Waals surface area contributed by atoms with Crippen molar-refractivity contribution in [3.05, 3.63) is 40.0 Å². The number of hydrogen-bond acceptors (Lipinski definition) is 2. The van der Waals surface area contributed by atoms with Crippen LogP contribution in [0.3, 0.4) is 0 Å². The number of fused-ring (bicyclic) bond motifs is 1. The van der Waals surface area contributed by atoms with Crippen LogP contribution in [0.1, 0.15) is 18.2 Å². The van der Waals surface area contributed by atoms with E-state index in [-0.39, 0.29) is 5.82 Å². The van der Waals surface area contributed by atoms with Gasteiger partial charge in [-0.3, -0.25) is 4.57 Å². The van der Waals surface area contributed by atoms with Crippen LogP contribution in [0.25, 0.3) is 16.9 Å². The summed E-state index contributed by atoms with van der Waals surface area (Å²) in [6, 6.07) is 5.00. The molecule has 104 valence electrons. The Morgan fingerprint density at radius 3 is 2.80 bits per heavy atom. The summed E-state index contributed by atoms with van der Waals surface area (Å²) in [6.07, 6.45) is 0. The molecule has 0 amide bonds. The van der Waals surface area contributed by atoms with Gasteiger partial charge in [-0.1, -0.05) is 6.07 Å². The van der Waals surface area contributed by atoms with Crippen molar-refractivity contribution in [3.8, 4) is 5.69 Å². The van der Waals surface area contributed by atoms with E-state index < -0.39 is 0 Å². The van der Waals surface area contributed by atoms with Gasteiger partial charge in [-0.25, -0.2) is 9.07 Å². The summed E-state index contributed by atoms with van der Waals surface area (Å²) >= 11 is 5.36. The number of aryl methyl sites for hydroxylation is 3. The number of H-pyrrole nitrogens is 1. The fraction of sp³-hybridized carbons (Fsp3) is 0.286. The lowest BCUT2D eigenvalue weighted by molar-refractivity contribution is 0.612. The third-order valence-electron chi connectivity index (χ3n) is 3.39. The number of rotatable bonds is 2. The van der Waals surface area contributed by atoms with Gasteiger partial charge in [0.25, 0.3) is 0 Å². The van der Waals surface area contributed by atoms with Gasteiger partial charge in [0.05, 0.1) is 11.4 Å². The second-order valence-corrected chi connectivity index (χ2v) is 5.21. The predicted octanol–water partition coefficient (Wildman–Crippen LogP) is 3.66. The van der Waals surface area contributed by atoms with Crippen LogP contribution in [0.2, 0.25) is 0 Å². The molecule has 0 bridgehead atoms. The van der Waals surface area contributed by atoms with Gasteiger partial charge in [0.15, 0.2) is 10.4 Å². The van der Waals surface area contributed by atoms with E-state index in [1.54, 1.807) is 16.7 Å². The minimum absolute atomic E-state index is 0.297. The number of nitrogens with zero attached hydrogens (tertiary/aromatic N) is 3. The number of benzene rings is 1. The third-order valence-corrected chi connectivity index (χ3v) is 3.67. The lowest BCUT2D eigenvalue weighted by Gasteiger charge is -2.08. The van der Waals surface area contributed by atoms with E-state index in [0.717, 1.165) is 22.4 Å². The van der Waals surface area contributed by atoms with E-state index in [0.29, 0.717) is 17.0 Å². The first-order chi connectivity index (χ1) is 9.52. The summed E-state index contributed by atoms with van der Waals surface area (Å²) in [7, 11) is 0. The molecular weight excluding hydrogens is 275 g/mol. The lowest BCUT2D eigenvalue weighted by Crippen LogP contribution is -2.05. The van der Waals surface area contributed by atoms with Crippen molar-refractivity contribution in [2.24, 2.45) is 0 Å². The standard InChI is InChI=1S/C14H15FN4S/c1-4-18-13-12(9(3)17-18)16-14(20)19(13)11-7-8(2)5-6-10(11)15/h5-7H,4H2,1-3H3,(H,16,20). The molecule has 0 aliphatic heterocycles. The fourth-order valence-electron chi connectivity index (χ4n) is 2.44. The Labute approximate surface area is 120 Å². The monoisotopic (exact) mass is 290 g/mol. The minimum Gasteiger partial charge on any atom is -0.327 e. The molecule has 1 aromatic carbocycles. The molecule has 4 nitrogen and oxygen atoms in total. The number of aromatic amines is 1. The molecule has 0 fully saturated rings. The van der Waals surface area contributed by atoms with Crippen molar-refractivity contribution in [1.82, 2.24) is 19.3 Å². The topological polar surface area (TPSA) is 38.5 Å². The van der Waals surface area contributed by atoms with Crippen LogP contribution in [0, 0.1) is 24.4 Å². The summed E-state index contributed by atoms with van der Waals surface area (Å²) in [4.78, 5) is 3.12. The maximum Gasteiger partial charge on any atom is 0.184 e. The Morgan fingerprint density at radius 1 is 1.35 bits per heavy atom. The van der Waals surface area contributed by atoms with Crippen LogP contribution in [0.4, 0.5) is 4.39 Å². The second-order valence-electron chi connectivity index (χ2n) is 4.82. The molecule has 0 spiro atoms. The SMILES string of the molecule is CCn1nc(C)c2[nH]c(=S)n(-c3cc(C)ccc3F)c21. The number of halogens is 1. The van der Waals surface area contributed by atoms with Crippen LogP contribution < -0.4 is 0 Å². The molecule has 2 heterocycles. The van der Waals surface area contributed by atoms with E-state index in [1.165, 1.54) is 6.07 Å². The Kier molecular flexibility index (Phi) is 2.97. The third kappa shape index (κ3) is 1.79. The van der Waals surface area contributed by atoms with Crippen molar-refractivity contribution in [1.29, 1.82) is 0 Å². The van der Waals surface area contributed by atoms with Gasteiger partial charge in [-0.15, -0.1) is 0 Å². The molecule has 6 heteroatoms. The zero-order chi connectivity index (χ0) is 14.4. The van der Waals surface area contributed by atoms with Crippen molar-refractivity contribution >= 4 is 23.4 Å². The molecule has 0 aliphatic rings. The highest BCUT2D eigenvalue weighted by atomic mass is 32.1. The Bertz CT molecular complexity index is 856. The average molecular weight is 290 g/mol. The summed E-state index contributed by atoms with van der Waals surface area (Å²) in [5.41, 5.74) is 3.96. The molecule has 3 aromatic rings. The van der Waals surface area contributed by atoms with Crippen LogP contribution in [0.5, 0.6) is 0 Å². The van der Waals surface area contributed by atoms with E-state index in [9.17, 15) is 4.39 Å². The van der Waals surface area contributed by atoms with Crippen LogP contribution in [-0.4, -0.2) is 19.3 Å². The first-order valence-electron chi connectivity index (χ1n) is 6.47. The van der Waals surface area contributed by atoms with Crippen molar-refractivity contribution < 1.29 is 4.39 Å². The highest BCUT2D eigenvalue weighted by molar-refractivity contribution is 7.71. The van der Waals surface area contributed by atoms with Crippen molar-refractivity contribution in [2.75, 3.05) is 0 Å². The smallest absolute Gasteiger partial charge is 0.184 e. The maximum atomic E-state index is 14.2. The summed E-state index contributed by atoms with van der Waals surface area (Å²) in [6.45, 7) is 6.54. The van der Waals surface area contributed by atoms with E-state index >= 15 is 0 Å². The highest BCUT2D eigenvalue weighted by Crippen LogP contribution is 2.24. The Hall–Kier alpha value is -1.95. The number of hydrogen-bond donors (Lipinski definition) is 1. The first-order valence-corrected chi connectivity index (χ1v) is 6.88. The fourth-order valence-corrected chi connectivity index (χ4v) is 2.73. The van der Waals surface area contributed by atoms with Gasteiger partial charge < -0.3 is 4.98 Å². The Morgan fingerprint density at radius 2 is 2.10 bits per heavy atom. The molecule has 0 unspecified atom stereocenters. The normalized spacial score (nSPS) is 11.4. The molecule has 0 aliphatic carbocycles. The highest BCUT2D eigenvalue weighted by Gasteiger charge is 2.17. The van der Waals surface area contributed by atoms with Crippen LogP contribution in [0.15, 0.2) is 18.2 Å². The molecule has 0 radical (unpaired) electrons. The summed E-state index contributed by atoms with van der Waals surface area (Å²) < 4.78 is 18.2. The van der Waals surface area contributed by atoms with Crippen LogP contribution >= 0.6 is 12.2 Å². The minimum atomic E-state index is -0.297. The largest absolute Gasteiger partial charge is 0.327 e. The molecular formula is C14H15FN4S. The predicted molar refractivity (Wildman–Crippen MR) is 79.4 cm³/mol. The van der Waals surface area contributed by atoms with Crippen LogP contribution in [-0.2, 0) is 6.54 Å². The zero-order valence-electron chi connectivity index (χ0n) is 11.6. The quantitative estimate of drug-likeness (QED) is 0.731. The van der Waals surface area contributed by atoms with Crippen molar-refractivity contribution in [3.63, 3.8) is 0 Å². The average Bonchev–Trinajstić information content (AvgIpc) is 2.90. The molecule has 0 atom stereocenters. The molecule has 0 saturated carbocycles. The van der Waals surface area contributed by atoms with E-state index in [4.69, 9.17) is 12.2 Å². The molecule has 20 heavy (non-hydrogen) atoms. The zero-order valence-corrected chi connectivity index (χ0v) is 12.4. The molecule has 3 rings (SSSR count). The van der Waals surface area contributed by atoms with E-state index in [1.807, 2.05) is 25.5 Å². The summed E-state index contributed by atoms with van der Waals surface area (Å²) in [5.74, 6) is -0.297. The van der Waals surface area contributed by atoms with Gasteiger partial charge in [0.1, 0.15) is 11.3 Å². The lowest BCUT2D eigenvalue weighted by atomic mass is 10.2. The molecule has 0 saturated heterocycles. The number of aromatic nitrogens is 4. The van der Waals surface area contributed by atoms with E-state index in [2.05, 4.69) is 10.1 Å². The van der Waals surface area contributed by atoms with Gasteiger partial charge in [0, 0.05) is 6.54 Å².